The van der Waals surface area contributed by atoms with Crippen LogP contribution in [0.25, 0.3) is 0 Å². The van der Waals surface area contributed by atoms with Gasteiger partial charge in [0.1, 0.15) is 0 Å². The molecule has 0 heterocycles. The molecule has 3 rings (SSSR count). The van der Waals surface area contributed by atoms with Gasteiger partial charge in [0.25, 0.3) is 0 Å². The molecule has 0 saturated heterocycles. The molecule has 0 aliphatic heterocycles. The van der Waals surface area contributed by atoms with E-state index < -0.39 is 0 Å². The summed E-state index contributed by atoms with van der Waals surface area (Å²) >= 11 is 0. The smallest absolute Gasteiger partial charge is 0.0655 e. The third-order valence-electron chi connectivity index (χ3n) is 8.71. The molecule has 0 spiro atoms. The van der Waals surface area contributed by atoms with E-state index in [1.54, 1.807) is 12.8 Å². The number of rotatable bonds is 8. The first-order valence-corrected chi connectivity index (χ1v) is 12.7. The van der Waals surface area contributed by atoms with E-state index in [0.717, 1.165) is 29.6 Å². The molecule has 0 unspecified atom stereocenters. The van der Waals surface area contributed by atoms with Crippen molar-refractivity contribution in [3.05, 3.63) is 0 Å². The van der Waals surface area contributed by atoms with Crippen molar-refractivity contribution in [1.29, 1.82) is 5.26 Å². The highest BCUT2D eigenvalue weighted by molar-refractivity contribution is 4.90. The predicted molar refractivity (Wildman–Crippen MR) is 115 cm³/mol. The Kier molecular flexibility index (Phi) is 9.02. The highest BCUT2D eigenvalue weighted by Gasteiger charge is 2.34. The summed E-state index contributed by atoms with van der Waals surface area (Å²) in [5, 5.41) is 9.12. The molecule has 154 valence electrons. The largest absolute Gasteiger partial charge is 0.198 e. The van der Waals surface area contributed by atoms with Crippen LogP contribution in [0.1, 0.15) is 122 Å². The lowest BCUT2D eigenvalue weighted by Crippen LogP contribution is -2.29. The summed E-state index contributed by atoms with van der Waals surface area (Å²) in [6, 6.07) is 2.50. The maximum Gasteiger partial charge on any atom is 0.0655 e. The van der Waals surface area contributed by atoms with E-state index in [9.17, 15) is 0 Å². The zero-order valence-corrected chi connectivity index (χ0v) is 18.1. The Labute approximate surface area is 169 Å². The molecule has 0 aromatic carbocycles. The van der Waals surface area contributed by atoms with Crippen LogP contribution in [-0.2, 0) is 0 Å². The summed E-state index contributed by atoms with van der Waals surface area (Å²) in [6.45, 7) is 2.31. The molecule has 3 aliphatic rings. The lowest BCUT2D eigenvalue weighted by molar-refractivity contribution is 0.107. The molecule has 27 heavy (non-hydrogen) atoms. The molecule has 3 aliphatic carbocycles. The van der Waals surface area contributed by atoms with Crippen LogP contribution in [0.5, 0.6) is 0 Å². The lowest BCUT2D eigenvalue weighted by atomic mass is 9.65. The van der Waals surface area contributed by atoms with Gasteiger partial charge in [-0.05, 0) is 93.8 Å². The van der Waals surface area contributed by atoms with E-state index in [1.165, 1.54) is 103 Å². The van der Waals surface area contributed by atoms with Crippen molar-refractivity contribution >= 4 is 0 Å². The quantitative estimate of drug-likeness (QED) is 0.394. The molecule has 3 saturated carbocycles. The van der Waals surface area contributed by atoms with Gasteiger partial charge < -0.3 is 0 Å². The molecule has 3 fully saturated rings. The van der Waals surface area contributed by atoms with Crippen LogP contribution < -0.4 is 0 Å². The minimum absolute atomic E-state index is 0.374. The van der Waals surface area contributed by atoms with E-state index in [0.29, 0.717) is 5.92 Å². The Morgan fingerprint density at radius 1 is 0.593 bits per heavy atom. The Balaban J connectivity index is 1.29. The average molecular weight is 372 g/mol. The fourth-order valence-electron chi connectivity index (χ4n) is 6.79. The third kappa shape index (κ3) is 6.51. The minimum Gasteiger partial charge on any atom is -0.198 e. The number of nitrogens with zero attached hydrogens (tertiary/aromatic N) is 1. The first-order valence-electron chi connectivity index (χ1n) is 12.7. The molecule has 1 heteroatoms. The number of hydrogen-bond donors (Lipinski definition) is 0. The first-order chi connectivity index (χ1) is 13.3. The summed E-state index contributed by atoms with van der Waals surface area (Å²) in [7, 11) is 0. The zero-order chi connectivity index (χ0) is 18.9. The molecule has 0 amide bonds. The van der Waals surface area contributed by atoms with E-state index in [2.05, 4.69) is 13.0 Å². The van der Waals surface area contributed by atoms with Crippen molar-refractivity contribution in [2.45, 2.75) is 122 Å². The van der Waals surface area contributed by atoms with Gasteiger partial charge in [0, 0.05) is 5.92 Å². The van der Waals surface area contributed by atoms with Crippen LogP contribution in [0.2, 0.25) is 0 Å². The third-order valence-corrected chi connectivity index (χ3v) is 8.71. The van der Waals surface area contributed by atoms with Crippen LogP contribution in [-0.4, -0.2) is 0 Å². The second-order valence-corrected chi connectivity index (χ2v) is 10.4. The van der Waals surface area contributed by atoms with Gasteiger partial charge in [-0.15, -0.1) is 0 Å². The first kappa shape index (κ1) is 21.2. The fraction of sp³-hybridized carbons (Fsp3) is 0.962. The topological polar surface area (TPSA) is 23.8 Å². The fourth-order valence-corrected chi connectivity index (χ4v) is 6.79. The van der Waals surface area contributed by atoms with E-state index in [1.807, 2.05) is 0 Å². The Morgan fingerprint density at radius 3 is 1.52 bits per heavy atom. The average Bonchev–Trinajstić information content (AvgIpc) is 2.74. The second kappa shape index (κ2) is 11.5. The van der Waals surface area contributed by atoms with Gasteiger partial charge in [0.15, 0.2) is 0 Å². The SMILES string of the molecule is CCCCCCCC1CCC(C2CCC(C3CCC(C#N)CC3)CC2)CC1. The number of hydrogen-bond acceptors (Lipinski definition) is 1. The van der Waals surface area contributed by atoms with Crippen molar-refractivity contribution in [3.8, 4) is 6.07 Å². The highest BCUT2D eigenvalue weighted by Crippen LogP contribution is 2.46. The monoisotopic (exact) mass is 371 g/mol. The molecular formula is C26H45N. The van der Waals surface area contributed by atoms with E-state index >= 15 is 0 Å². The molecule has 0 aromatic heterocycles. The molecule has 0 atom stereocenters. The van der Waals surface area contributed by atoms with Gasteiger partial charge in [-0.25, -0.2) is 0 Å². The highest BCUT2D eigenvalue weighted by atomic mass is 14.4. The minimum atomic E-state index is 0.374. The molecule has 0 aromatic rings. The van der Waals surface area contributed by atoms with Crippen molar-refractivity contribution < 1.29 is 0 Å². The Bertz CT molecular complexity index is 426. The van der Waals surface area contributed by atoms with E-state index in [4.69, 9.17) is 5.26 Å². The summed E-state index contributed by atoms with van der Waals surface area (Å²) in [5.41, 5.74) is 0. The van der Waals surface area contributed by atoms with Gasteiger partial charge in [-0.3, -0.25) is 0 Å². The van der Waals surface area contributed by atoms with Crippen LogP contribution in [0.4, 0.5) is 0 Å². The maximum atomic E-state index is 9.12. The van der Waals surface area contributed by atoms with Gasteiger partial charge >= 0.3 is 0 Å². The Morgan fingerprint density at radius 2 is 1.04 bits per heavy atom. The summed E-state index contributed by atoms with van der Waals surface area (Å²) < 4.78 is 0. The Hall–Kier alpha value is -0.510. The standard InChI is InChI=1S/C26H45N/c1-2-3-4-5-6-7-21-8-12-23(13-9-21)25-16-18-26(19-17-25)24-14-10-22(20-27)11-15-24/h21-26H,2-19H2,1H3. The molecule has 1 nitrogen and oxygen atoms in total. The van der Waals surface area contributed by atoms with E-state index in [-0.39, 0.29) is 0 Å². The summed E-state index contributed by atoms with van der Waals surface area (Å²) in [4.78, 5) is 0. The lowest BCUT2D eigenvalue weighted by Gasteiger charge is -2.41. The van der Waals surface area contributed by atoms with Crippen LogP contribution in [0.3, 0.4) is 0 Å². The van der Waals surface area contributed by atoms with Crippen LogP contribution in [0.15, 0.2) is 0 Å². The normalized spacial score (nSPS) is 37.6. The molecule has 0 bridgehead atoms. The van der Waals surface area contributed by atoms with Gasteiger partial charge in [-0.2, -0.15) is 5.26 Å². The maximum absolute atomic E-state index is 9.12. The van der Waals surface area contributed by atoms with Crippen molar-refractivity contribution in [3.63, 3.8) is 0 Å². The van der Waals surface area contributed by atoms with Gasteiger partial charge in [0.05, 0.1) is 6.07 Å². The molecule has 0 N–H and O–H groups in total. The molecule has 0 radical (unpaired) electrons. The van der Waals surface area contributed by atoms with Crippen molar-refractivity contribution in [1.82, 2.24) is 0 Å². The second-order valence-electron chi connectivity index (χ2n) is 10.4. The van der Waals surface area contributed by atoms with Crippen LogP contribution >= 0.6 is 0 Å². The zero-order valence-electron chi connectivity index (χ0n) is 18.1. The summed E-state index contributed by atoms with van der Waals surface area (Å²) in [6.07, 6.45) is 26.0. The predicted octanol–water partition coefficient (Wildman–Crippen LogP) is 8.29. The van der Waals surface area contributed by atoms with Crippen LogP contribution in [0, 0.1) is 46.8 Å². The number of nitriles is 1. The van der Waals surface area contributed by atoms with Crippen molar-refractivity contribution in [2.75, 3.05) is 0 Å². The summed E-state index contributed by atoms with van der Waals surface area (Å²) in [5.74, 6) is 5.52. The van der Waals surface area contributed by atoms with Gasteiger partial charge in [-0.1, -0.05) is 58.3 Å². The number of unbranched alkanes of at least 4 members (excludes halogenated alkanes) is 4. The van der Waals surface area contributed by atoms with Gasteiger partial charge in [0.2, 0.25) is 0 Å². The molecular weight excluding hydrogens is 326 g/mol. The van der Waals surface area contributed by atoms with Crippen molar-refractivity contribution in [2.24, 2.45) is 35.5 Å².